The fourth-order valence-electron chi connectivity index (χ4n) is 2.98. The third kappa shape index (κ3) is 3.44. The lowest BCUT2D eigenvalue weighted by molar-refractivity contribution is -0.0133. The van der Waals surface area contributed by atoms with Gasteiger partial charge in [0.2, 0.25) is 0 Å². The van der Waals surface area contributed by atoms with Gasteiger partial charge in [-0.1, -0.05) is 0 Å². The number of rotatable bonds is 1. The number of likely N-dealkylation sites (N-methyl/N-ethyl adjacent to an activating group) is 1. The van der Waals surface area contributed by atoms with Gasteiger partial charge >= 0.3 is 6.09 Å². The minimum atomic E-state index is -0.471. The maximum Gasteiger partial charge on any atom is 0.410 e. The second-order valence-electron chi connectivity index (χ2n) is 7.67. The number of carbonyl (C=O) groups is 1. The van der Waals surface area contributed by atoms with E-state index in [1.807, 2.05) is 20.8 Å². The molecular weight excluding hydrogens is 258 g/mol. The Balaban J connectivity index is 1.94. The zero-order chi connectivity index (χ0) is 15.2. The van der Waals surface area contributed by atoms with Crippen LogP contribution in [-0.2, 0) is 14.2 Å². The largest absolute Gasteiger partial charge is 0.444 e. The van der Waals surface area contributed by atoms with Crippen LogP contribution in [0.25, 0.3) is 0 Å². The van der Waals surface area contributed by atoms with Gasteiger partial charge in [-0.25, -0.2) is 4.79 Å². The molecule has 2 fully saturated rings. The molecule has 5 heteroatoms. The molecular formula is C15H27NO4. The summed E-state index contributed by atoms with van der Waals surface area (Å²) >= 11 is 0. The highest BCUT2D eigenvalue weighted by Gasteiger charge is 2.51. The van der Waals surface area contributed by atoms with Crippen LogP contribution < -0.4 is 0 Å². The number of amides is 1. The molecule has 2 saturated heterocycles. The van der Waals surface area contributed by atoms with E-state index in [-0.39, 0.29) is 23.3 Å². The molecule has 5 nitrogen and oxygen atoms in total. The zero-order valence-corrected chi connectivity index (χ0v) is 13.5. The van der Waals surface area contributed by atoms with E-state index in [2.05, 4.69) is 13.8 Å². The first-order chi connectivity index (χ1) is 9.02. The molecule has 0 saturated carbocycles. The smallest absolute Gasteiger partial charge is 0.410 e. The van der Waals surface area contributed by atoms with Gasteiger partial charge in [0, 0.05) is 19.9 Å². The molecule has 0 bridgehead atoms. The Bertz CT molecular complexity index is 388. The first-order valence-electron chi connectivity index (χ1n) is 7.26. The number of carbonyl (C=O) groups excluding carboxylic acids is 1. The number of hydrogen-bond donors (Lipinski definition) is 0. The summed E-state index contributed by atoms with van der Waals surface area (Å²) in [5, 5.41) is 0. The zero-order valence-electron chi connectivity index (χ0n) is 13.5. The summed E-state index contributed by atoms with van der Waals surface area (Å²) in [5.41, 5.74) is -0.842. The molecule has 0 aromatic heterocycles. The van der Waals surface area contributed by atoms with Crippen molar-refractivity contribution >= 4 is 6.09 Å². The summed E-state index contributed by atoms with van der Waals surface area (Å²) in [7, 11) is 1.78. The van der Waals surface area contributed by atoms with Crippen LogP contribution >= 0.6 is 0 Å². The van der Waals surface area contributed by atoms with E-state index in [9.17, 15) is 4.79 Å². The highest BCUT2D eigenvalue weighted by Crippen LogP contribution is 2.42. The molecule has 0 aromatic carbocycles. The lowest BCUT2D eigenvalue weighted by atomic mass is 9.90. The van der Waals surface area contributed by atoms with Crippen molar-refractivity contribution in [2.45, 2.75) is 70.3 Å². The Kier molecular flexibility index (Phi) is 3.80. The molecule has 2 atom stereocenters. The summed E-state index contributed by atoms with van der Waals surface area (Å²) in [6.45, 7) is 10.9. The van der Waals surface area contributed by atoms with Crippen molar-refractivity contribution in [3.8, 4) is 0 Å². The molecule has 0 N–H and O–H groups in total. The number of nitrogens with zero attached hydrogens (tertiary/aromatic N) is 1. The lowest BCUT2D eigenvalue weighted by Gasteiger charge is -2.28. The van der Waals surface area contributed by atoms with Crippen LogP contribution in [0, 0.1) is 0 Å². The molecule has 2 aliphatic rings. The highest BCUT2D eigenvalue weighted by molar-refractivity contribution is 5.68. The van der Waals surface area contributed by atoms with E-state index in [4.69, 9.17) is 14.2 Å². The van der Waals surface area contributed by atoms with Crippen LogP contribution in [0.1, 0.15) is 47.5 Å². The molecule has 0 aromatic rings. The third-order valence-corrected chi connectivity index (χ3v) is 3.89. The molecule has 116 valence electrons. The molecule has 2 rings (SSSR count). The van der Waals surface area contributed by atoms with Gasteiger partial charge in [-0.05, 0) is 34.6 Å². The van der Waals surface area contributed by atoms with E-state index in [0.29, 0.717) is 13.2 Å². The Morgan fingerprint density at radius 3 is 2.45 bits per heavy atom. The van der Waals surface area contributed by atoms with Crippen LogP contribution in [0.2, 0.25) is 0 Å². The van der Waals surface area contributed by atoms with Crippen molar-refractivity contribution in [3.05, 3.63) is 0 Å². The van der Waals surface area contributed by atoms with Crippen molar-refractivity contribution in [3.63, 3.8) is 0 Å². The number of hydrogen-bond acceptors (Lipinski definition) is 4. The van der Waals surface area contributed by atoms with Gasteiger partial charge in [-0.3, -0.25) is 0 Å². The molecule has 20 heavy (non-hydrogen) atoms. The third-order valence-electron chi connectivity index (χ3n) is 3.89. The number of ether oxygens (including phenoxy) is 3. The van der Waals surface area contributed by atoms with Gasteiger partial charge in [-0.15, -0.1) is 0 Å². The quantitative estimate of drug-likeness (QED) is 0.743. The van der Waals surface area contributed by atoms with Crippen molar-refractivity contribution in [2.24, 2.45) is 0 Å². The first-order valence-corrected chi connectivity index (χ1v) is 7.26. The summed E-state index contributed by atoms with van der Waals surface area (Å²) < 4.78 is 17.2. The summed E-state index contributed by atoms with van der Waals surface area (Å²) in [4.78, 5) is 13.8. The highest BCUT2D eigenvalue weighted by atomic mass is 16.6. The van der Waals surface area contributed by atoms with Crippen molar-refractivity contribution in [1.82, 2.24) is 4.90 Å². The van der Waals surface area contributed by atoms with E-state index in [1.165, 1.54) is 0 Å². The maximum absolute atomic E-state index is 12.1. The van der Waals surface area contributed by atoms with Crippen molar-refractivity contribution < 1.29 is 19.0 Å². The van der Waals surface area contributed by atoms with Gasteiger partial charge in [0.05, 0.1) is 30.5 Å². The van der Waals surface area contributed by atoms with Crippen LogP contribution in [0.15, 0.2) is 0 Å². The fourth-order valence-corrected chi connectivity index (χ4v) is 2.98. The van der Waals surface area contributed by atoms with Gasteiger partial charge in [-0.2, -0.15) is 0 Å². The molecule has 0 radical (unpaired) electrons. The van der Waals surface area contributed by atoms with Crippen LogP contribution in [-0.4, -0.2) is 54.1 Å². The normalized spacial score (nSPS) is 32.6. The first kappa shape index (κ1) is 15.6. The average molecular weight is 285 g/mol. The maximum atomic E-state index is 12.1. The average Bonchev–Trinajstić information content (AvgIpc) is 2.80. The van der Waals surface area contributed by atoms with E-state index < -0.39 is 5.60 Å². The van der Waals surface area contributed by atoms with E-state index in [1.54, 1.807) is 11.9 Å². The second-order valence-corrected chi connectivity index (χ2v) is 7.67. The van der Waals surface area contributed by atoms with E-state index in [0.717, 1.165) is 12.8 Å². The molecule has 2 heterocycles. The van der Waals surface area contributed by atoms with Crippen molar-refractivity contribution in [2.75, 3.05) is 20.3 Å². The molecule has 1 amide bonds. The Labute approximate surface area is 121 Å². The Hall–Kier alpha value is -0.810. The molecule has 2 aliphatic heterocycles. The van der Waals surface area contributed by atoms with Crippen molar-refractivity contribution in [1.29, 1.82) is 0 Å². The molecule has 1 spiro atoms. The lowest BCUT2D eigenvalue weighted by Crippen LogP contribution is -2.42. The van der Waals surface area contributed by atoms with Crippen LogP contribution in [0.4, 0.5) is 4.79 Å². The topological polar surface area (TPSA) is 48.0 Å². The van der Waals surface area contributed by atoms with E-state index >= 15 is 0 Å². The SMILES string of the molecule is CN(C(=O)OC(C)(C)C)[C@@H]1CO[C@]2(COC(C)(C)C2)C1. The minimum absolute atomic E-state index is 0.0577. The Morgan fingerprint density at radius 2 is 1.95 bits per heavy atom. The standard InChI is InChI=1S/C15H27NO4/c1-13(2,3)20-12(17)16(6)11-7-15(18-8-11)9-14(4,5)19-10-15/h11H,7-10H2,1-6H3/t11-,15+/m0/s1. The fraction of sp³-hybridized carbons (Fsp3) is 0.933. The Morgan fingerprint density at radius 1 is 1.30 bits per heavy atom. The molecule has 0 aliphatic carbocycles. The predicted molar refractivity (Wildman–Crippen MR) is 75.7 cm³/mol. The van der Waals surface area contributed by atoms with Gasteiger partial charge in [0.25, 0.3) is 0 Å². The van der Waals surface area contributed by atoms with Gasteiger partial charge in [0.15, 0.2) is 0 Å². The summed E-state index contributed by atoms with van der Waals surface area (Å²) in [5.74, 6) is 0. The minimum Gasteiger partial charge on any atom is -0.444 e. The molecule has 0 unspecified atom stereocenters. The second kappa shape index (κ2) is 4.88. The van der Waals surface area contributed by atoms with Gasteiger partial charge < -0.3 is 19.1 Å². The van der Waals surface area contributed by atoms with Crippen LogP contribution in [0.5, 0.6) is 0 Å². The van der Waals surface area contributed by atoms with Crippen LogP contribution in [0.3, 0.4) is 0 Å². The summed E-state index contributed by atoms with van der Waals surface area (Å²) in [6.07, 6.45) is 1.39. The predicted octanol–water partition coefficient (Wildman–Crippen LogP) is 2.58. The van der Waals surface area contributed by atoms with Gasteiger partial charge in [0.1, 0.15) is 5.60 Å². The summed E-state index contributed by atoms with van der Waals surface area (Å²) in [6, 6.07) is 0.0577. The monoisotopic (exact) mass is 285 g/mol.